The molecular weight excluding hydrogens is 290 g/mol. The summed E-state index contributed by atoms with van der Waals surface area (Å²) < 4.78 is 26.0. The van der Waals surface area contributed by atoms with Gasteiger partial charge in [0.15, 0.2) is 0 Å². The molecule has 1 aliphatic rings. The first-order chi connectivity index (χ1) is 9.49. The van der Waals surface area contributed by atoms with Gasteiger partial charge in [0.1, 0.15) is 12.4 Å². The van der Waals surface area contributed by atoms with E-state index >= 15 is 0 Å². The predicted octanol–water partition coefficient (Wildman–Crippen LogP) is 0.769. The number of hydrogen-bond acceptors (Lipinski definition) is 4. The summed E-state index contributed by atoms with van der Waals surface area (Å²) >= 11 is 1.45. The lowest BCUT2D eigenvalue weighted by Crippen LogP contribution is -2.39. The summed E-state index contributed by atoms with van der Waals surface area (Å²) in [4.78, 5) is 29.9. The number of nitrogens with zero attached hydrogens (tertiary/aromatic N) is 4. The largest absolute Gasteiger partial charge is 0.337 e. The molecule has 1 aromatic rings. The number of rotatable bonds is 5. The number of carbonyl (C=O) groups is 2. The van der Waals surface area contributed by atoms with Crippen molar-refractivity contribution in [1.82, 2.24) is 19.4 Å². The number of halogens is 2. The van der Waals surface area contributed by atoms with E-state index in [-0.39, 0.29) is 30.7 Å². The number of likely N-dealkylation sites (N-methyl/N-ethyl adjacent to an activating group) is 1. The van der Waals surface area contributed by atoms with E-state index in [1.165, 1.54) is 41.0 Å². The fourth-order valence-corrected chi connectivity index (χ4v) is 2.67. The van der Waals surface area contributed by atoms with Crippen LogP contribution in [0.25, 0.3) is 0 Å². The molecule has 9 heteroatoms. The maximum atomic E-state index is 12.7. The highest BCUT2D eigenvalue weighted by Crippen LogP contribution is 2.16. The van der Waals surface area contributed by atoms with Gasteiger partial charge in [-0.2, -0.15) is 8.78 Å². The molecule has 0 saturated carbocycles. The van der Waals surface area contributed by atoms with Crippen molar-refractivity contribution in [2.24, 2.45) is 0 Å². The van der Waals surface area contributed by atoms with Crippen molar-refractivity contribution >= 4 is 23.6 Å². The van der Waals surface area contributed by atoms with E-state index in [4.69, 9.17) is 0 Å². The minimum Gasteiger partial charge on any atom is -0.337 e. The first-order valence-electron chi connectivity index (χ1n) is 5.88. The number of aromatic nitrogens is 2. The summed E-state index contributed by atoms with van der Waals surface area (Å²) in [5, 5.41) is 0. The normalized spacial score (nSPS) is 15.2. The Labute approximate surface area is 118 Å². The van der Waals surface area contributed by atoms with Gasteiger partial charge in [-0.1, -0.05) is 0 Å². The van der Waals surface area contributed by atoms with E-state index < -0.39 is 6.55 Å². The molecule has 0 unspecified atom stereocenters. The molecule has 1 aromatic heterocycles. The molecule has 0 spiro atoms. The van der Waals surface area contributed by atoms with Crippen molar-refractivity contribution in [2.45, 2.75) is 13.1 Å². The summed E-state index contributed by atoms with van der Waals surface area (Å²) in [7, 11) is 1.50. The van der Waals surface area contributed by atoms with Crippen LogP contribution in [0.3, 0.4) is 0 Å². The Bertz CT molecular complexity index is 508. The highest BCUT2D eigenvalue weighted by molar-refractivity contribution is 8.00. The third-order valence-electron chi connectivity index (χ3n) is 2.91. The Morgan fingerprint density at radius 3 is 2.95 bits per heavy atom. The molecule has 110 valence electrons. The summed E-state index contributed by atoms with van der Waals surface area (Å²) in [5.41, 5.74) is 0. The minimum absolute atomic E-state index is 0.0225. The quantitative estimate of drug-likeness (QED) is 0.806. The van der Waals surface area contributed by atoms with E-state index in [0.29, 0.717) is 16.2 Å². The van der Waals surface area contributed by atoms with Crippen LogP contribution in [-0.4, -0.2) is 56.4 Å². The van der Waals surface area contributed by atoms with Crippen molar-refractivity contribution in [2.75, 3.05) is 25.2 Å². The molecule has 1 saturated heterocycles. The number of thioether (sulfide) groups is 1. The average Bonchev–Trinajstić information content (AvgIpc) is 2.99. The molecule has 0 N–H and O–H groups in total. The molecule has 0 aliphatic carbocycles. The second-order valence-electron chi connectivity index (χ2n) is 4.35. The van der Waals surface area contributed by atoms with Gasteiger partial charge in [0.05, 0.1) is 18.2 Å². The van der Waals surface area contributed by atoms with E-state index in [1.807, 2.05) is 0 Å². The molecule has 2 heterocycles. The van der Waals surface area contributed by atoms with E-state index in [2.05, 4.69) is 4.98 Å². The van der Waals surface area contributed by atoms with Gasteiger partial charge in [0, 0.05) is 19.4 Å². The van der Waals surface area contributed by atoms with E-state index in [0.717, 1.165) is 0 Å². The van der Waals surface area contributed by atoms with E-state index in [9.17, 15) is 18.4 Å². The second kappa shape index (κ2) is 6.21. The lowest BCUT2D eigenvalue weighted by molar-refractivity contribution is -0.137. The van der Waals surface area contributed by atoms with Crippen molar-refractivity contribution < 1.29 is 18.4 Å². The number of carbonyl (C=O) groups excluding carboxylic acids is 2. The van der Waals surface area contributed by atoms with Crippen LogP contribution in [0.5, 0.6) is 0 Å². The number of hydrogen-bond donors (Lipinski definition) is 0. The van der Waals surface area contributed by atoms with Crippen LogP contribution >= 0.6 is 11.8 Å². The van der Waals surface area contributed by atoms with Crippen LogP contribution in [-0.2, 0) is 16.1 Å². The molecule has 20 heavy (non-hydrogen) atoms. The molecule has 0 radical (unpaired) electrons. The molecule has 2 amide bonds. The first-order valence-corrected chi connectivity index (χ1v) is 7.04. The Balaban J connectivity index is 1.93. The van der Waals surface area contributed by atoms with Gasteiger partial charge in [-0.3, -0.25) is 14.2 Å². The van der Waals surface area contributed by atoms with Crippen LogP contribution in [0, 0.1) is 0 Å². The Kier molecular flexibility index (Phi) is 4.58. The summed E-state index contributed by atoms with van der Waals surface area (Å²) in [6.45, 7) is -2.74. The summed E-state index contributed by atoms with van der Waals surface area (Å²) in [5.74, 6) is 0.602. The van der Waals surface area contributed by atoms with Gasteiger partial charge in [-0.15, -0.1) is 11.8 Å². The number of amides is 2. The SMILES string of the molecule is CN(Cc1nccn1C(F)F)C(=O)CN1CSCC1=O. The van der Waals surface area contributed by atoms with Gasteiger partial charge >= 0.3 is 6.55 Å². The lowest BCUT2D eigenvalue weighted by atomic mass is 10.4. The standard InChI is InChI=1S/C11H14F2N4O2S/c1-15(4-8-14-2-3-17(8)11(12)13)9(18)5-16-7-20-6-10(16)19/h2-3,11H,4-7H2,1H3. The van der Waals surface area contributed by atoms with Gasteiger partial charge in [-0.05, 0) is 0 Å². The van der Waals surface area contributed by atoms with Crippen molar-refractivity contribution in [3.63, 3.8) is 0 Å². The topological polar surface area (TPSA) is 58.4 Å². The molecule has 0 aromatic carbocycles. The number of imidazole rings is 1. The zero-order valence-corrected chi connectivity index (χ0v) is 11.6. The lowest BCUT2D eigenvalue weighted by Gasteiger charge is -2.21. The first kappa shape index (κ1) is 14.8. The Morgan fingerprint density at radius 1 is 1.60 bits per heavy atom. The van der Waals surface area contributed by atoms with Gasteiger partial charge < -0.3 is 9.80 Å². The minimum atomic E-state index is -2.69. The smallest absolute Gasteiger partial charge is 0.319 e. The van der Waals surface area contributed by atoms with Crippen LogP contribution in [0.4, 0.5) is 8.78 Å². The molecule has 0 bridgehead atoms. The second-order valence-corrected chi connectivity index (χ2v) is 5.30. The number of alkyl halides is 2. The Hall–Kier alpha value is -1.64. The maximum absolute atomic E-state index is 12.7. The molecule has 6 nitrogen and oxygen atoms in total. The van der Waals surface area contributed by atoms with Crippen LogP contribution in [0.1, 0.15) is 12.4 Å². The fourth-order valence-electron chi connectivity index (χ4n) is 1.77. The van der Waals surface area contributed by atoms with Gasteiger partial charge in [0.25, 0.3) is 0 Å². The van der Waals surface area contributed by atoms with Crippen molar-refractivity contribution in [3.8, 4) is 0 Å². The zero-order valence-electron chi connectivity index (χ0n) is 10.8. The maximum Gasteiger partial charge on any atom is 0.319 e. The highest BCUT2D eigenvalue weighted by Gasteiger charge is 2.25. The molecule has 1 fully saturated rings. The molecular formula is C11H14F2N4O2S. The van der Waals surface area contributed by atoms with Crippen LogP contribution in [0.2, 0.25) is 0 Å². The van der Waals surface area contributed by atoms with Crippen LogP contribution in [0.15, 0.2) is 12.4 Å². The molecule has 1 aliphatic heterocycles. The zero-order chi connectivity index (χ0) is 14.7. The average molecular weight is 304 g/mol. The van der Waals surface area contributed by atoms with Crippen molar-refractivity contribution in [3.05, 3.63) is 18.2 Å². The third kappa shape index (κ3) is 3.27. The monoisotopic (exact) mass is 304 g/mol. The van der Waals surface area contributed by atoms with Gasteiger partial charge in [-0.25, -0.2) is 4.98 Å². The van der Waals surface area contributed by atoms with Crippen molar-refractivity contribution in [1.29, 1.82) is 0 Å². The fraction of sp³-hybridized carbons (Fsp3) is 0.545. The van der Waals surface area contributed by atoms with E-state index in [1.54, 1.807) is 0 Å². The highest BCUT2D eigenvalue weighted by atomic mass is 32.2. The summed E-state index contributed by atoms with van der Waals surface area (Å²) in [6, 6.07) is 0. The van der Waals surface area contributed by atoms with Gasteiger partial charge in [0.2, 0.25) is 11.8 Å². The molecule has 2 rings (SSSR count). The third-order valence-corrected chi connectivity index (χ3v) is 3.86. The van der Waals surface area contributed by atoms with Crippen LogP contribution < -0.4 is 0 Å². The Morgan fingerprint density at radius 2 is 2.35 bits per heavy atom. The predicted molar refractivity (Wildman–Crippen MR) is 69.0 cm³/mol. The summed E-state index contributed by atoms with van der Waals surface area (Å²) in [6.07, 6.45) is 2.43. The molecule has 0 atom stereocenters.